The Bertz CT molecular complexity index is 639. The average molecular weight is 296 g/mol. The standard InChI is InChI=1S/C14H17N3O2.ClH/c1-15-14(18)10-6-16-7-12-13(10)9-5-8(19-2)3-4-11(9)17-12;/h3-5,10,16-17H,6-7H2,1-2H3,(H,15,18);1H. The molecule has 1 aromatic heterocycles. The summed E-state index contributed by atoms with van der Waals surface area (Å²) in [5.41, 5.74) is 3.22. The fourth-order valence-corrected chi connectivity index (χ4v) is 2.75. The molecule has 0 radical (unpaired) electrons. The molecular formula is C14H18ClN3O2. The number of methoxy groups -OCH3 is 1. The molecule has 0 fully saturated rings. The van der Waals surface area contributed by atoms with E-state index in [1.807, 2.05) is 18.2 Å². The minimum atomic E-state index is -0.158. The summed E-state index contributed by atoms with van der Waals surface area (Å²) in [5.74, 6) is 0.690. The average Bonchev–Trinajstić information content (AvgIpc) is 2.83. The third-order valence-electron chi connectivity index (χ3n) is 3.69. The van der Waals surface area contributed by atoms with Crippen molar-refractivity contribution in [1.82, 2.24) is 15.6 Å². The molecule has 0 bridgehead atoms. The zero-order valence-corrected chi connectivity index (χ0v) is 12.3. The van der Waals surface area contributed by atoms with Gasteiger partial charge in [-0.25, -0.2) is 0 Å². The number of aromatic nitrogens is 1. The number of H-pyrrole nitrogens is 1. The van der Waals surface area contributed by atoms with Crippen LogP contribution in [0.3, 0.4) is 0 Å². The topological polar surface area (TPSA) is 66.2 Å². The second kappa shape index (κ2) is 5.73. The number of carbonyl (C=O) groups excluding carboxylic acids is 1. The normalized spacial score (nSPS) is 17.2. The first-order chi connectivity index (χ1) is 9.24. The van der Waals surface area contributed by atoms with Crippen LogP contribution in [0.5, 0.6) is 5.75 Å². The van der Waals surface area contributed by atoms with Crippen LogP contribution >= 0.6 is 12.4 Å². The molecule has 3 rings (SSSR count). The lowest BCUT2D eigenvalue weighted by Gasteiger charge is -2.22. The highest BCUT2D eigenvalue weighted by molar-refractivity contribution is 5.94. The Balaban J connectivity index is 0.00000147. The number of likely N-dealkylation sites (N-methyl/N-ethyl adjacent to an activating group) is 1. The molecule has 2 heterocycles. The summed E-state index contributed by atoms with van der Waals surface area (Å²) in [7, 11) is 3.32. The Labute approximate surface area is 123 Å². The van der Waals surface area contributed by atoms with E-state index in [9.17, 15) is 4.79 Å². The molecule has 0 saturated carbocycles. The van der Waals surface area contributed by atoms with Crippen molar-refractivity contribution in [3.8, 4) is 5.75 Å². The van der Waals surface area contributed by atoms with E-state index in [0.29, 0.717) is 6.54 Å². The van der Waals surface area contributed by atoms with Gasteiger partial charge < -0.3 is 20.4 Å². The number of hydrogen-bond acceptors (Lipinski definition) is 3. The van der Waals surface area contributed by atoms with E-state index >= 15 is 0 Å². The molecular weight excluding hydrogens is 278 g/mol. The highest BCUT2D eigenvalue weighted by atomic mass is 35.5. The van der Waals surface area contributed by atoms with Gasteiger partial charge in [0.05, 0.1) is 13.0 Å². The van der Waals surface area contributed by atoms with Gasteiger partial charge in [0.15, 0.2) is 0 Å². The van der Waals surface area contributed by atoms with Crippen molar-refractivity contribution in [2.75, 3.05) is 20.7 Å². The number of carbonyl (C=O) groups is 1. The van der Waals surface area contributed by atoms with Crippen molar-refractivity contribution in [2.24, 2.45) is 0 Å². The van der Waals surface area contributed by atoms with E-state index in [-0.39, 0.29) is 24.2 Å². The molecule has 2 aromatic rings. The van der Waals surface area contributed by atoms with E-state index in [4.69, 9.17) is 4.74 Å². The third kappa shape index (κ3) is 2.23. The Hall–Kier alpha value is -1.72. The summed E-state index contributed by atoms with van der Waals surface area (Å²) >= 11 is 0. The minimum Gasteiger partial charge on any atom is -0.497 e. The molecule has 20 heavy (non-hydrogen) atoms. The van der Waals surface area contributed by atoms with Gasteiger partial charge in [-0.3, -0.25) is 4.79 Å². The molecule has 0 spiro atoms. The van der Waals surface area contributed by atoms with E-state index in [2.05, 4.69) is 15.6 Å². The van der Waals surface area contributed by atoms with E-state index in [1.165, 1.54) is 0 Å². The quantitative estimate of drug-likeness (QED) is 0.787. The summed E-state index contributed by atoms with van der Waals surface area (Å²) in [5, 5.41) is 7.08. The number of hydrogen-bond donors (Lipinski definition) is 3. The van der Waals surface area contributed by atoms with Crippen molar-refractivity contribution in [3.63, 3.8) is 0 Å². The Morgan fingerprint density at radius 2 is 2.25 bits per heavy atom. The maximum absolute atomic E-state index is 12.0. The zero-order chi connectivity index (χ0) is 13.4. The largest absolute Gasteiger partial charge is 0.497 e. The molecule has 0 aliphatic carbocycles. The smallest absolute Gasteiger partial charge is 0.228 e. The number of aromatic amines is 1. The lowest BCUT2D eigenvalue weighted by molar-refractivity contribution is -0.122. The van der Waals surface area contributed by atoms with Gasteiger partial charge >= 0.3 is 0 Å². The van der Waals surface area contributed by atoms with Crippen LogP contribution in [-0.4, -0.2) is 31.6 Å². The molecule has 6 heteroatoms. The first kappa shape index (κ1) is 14.7. The van der Waals surface area contributed by atoms with Crippen molar-refractivity contribution < 1.29 is 9.53 Å². The van der Waals surface area contributed by atoms with Crippen LogP contribution in [0.4, 0.5) is 0 Å². The lowest BCUT2D eigenvalue weighted by atomic mass is 9.92. The van der Waals surface area contributed by atoms with E-state index in [0.717, 1.165) is 34.5 Å². The van der Waals surface area contributed by atoms with Crippen molar-refractivity contribution in [1.29, 1.82) is 0 Å². The fourth-order valence-electron chi connectivity index (χ4n) is 2.75. The molecule has 1 amide bonds. The van der Waals surface area contributed by atoms with Gasteiger partial charge in [0.1, 0.15) is 5.75 Å². The molecule has 1 unspecified atom stereocenters. The second-order valence-electron chi connectivity index (χ2n) is 4.73. The van der Waals surface area contributed by atoms with Crippen LogP contribution in [-0.2, 0) is 11.3 Å². The van der Waals surface area contributed by atoms with Crippen LogP contribution < -0.4 is 15.4 Å². The Kier molecular flexibility index (Phi) is 4.20. The molecule has 0 saturated heterocycles. The first-order valence-corrected chi connectivity index (χ1v) is 6.35. The number of amides is 1. The Morgan fingerprint density at radius 1 is 1.45 bits per heavy atom. The van der Waals surface area contributed by atoms with Crippen LogP contribution in [0.25, 0.3) is 10.9 Å². The van der Waals surface area contributed by atoms with Gasteiger partial charge in [0.25, 0.3) is 0 Å². The van der Waals surface area contributed by atoms with E-state index < -0.39 is 0 Å². The van der Waals surface area contributed by atoms with Crippen molar-refractivity contribution >= 4 is 29.2 Å². The predicted molar refractivity (Wildman–Crippen MR) is 80.6 cm³/mol. The monoisotopic (exact) mass is 295 g/mol. The van der Waals surface area contributed by atoms with Crippen LogP contribution in [0, 0.1) is 0 Å². The van der Waals surface area contributed by atoms with Crippen LogP contribution in [0.2, 0.25) is 0 Å². The van der Waals surface area contributed by atoms with Crippen molar-refractivity contribution in [2.45, 2.75) is 12.5 Å². The zero-order valence-electron chi connectivity index (χ0n) is 11.4. The van der Waals surface area contributed by atoms with E-state index in [1.54, 1.807) is 14.2 Å². The maximum Gasteiger partial charge on any atom is 0.228 e. The minimum absolute atomic E-state index is 0. The lowest BCUT2D eigenvalue weighted by Crippen LogP contribution is -2.37. The Morgan fingerprint density at radius 3 is 2.95 bits per heavy atom. The third-order valence-corrected chi connectivity index (χ3v) is 3.69. The highest BCUT2D eigenvalue weighted by Gasteiger charge is 2.29. The number of benzene rings is 1. The molecule has 1 atom stereocenters. The number of rotatable bonds is 2. The van der Waals surface area contributed by atoms with Crippen molar-refractivity contribution in [3.05, 3.63) is 29.5 Å². The molecule has 5 nitrogen and oxygen atoms in total. The molecule has 3 N–H and O–H groups in total. The second-order valence-corrected chi connectivity index (χ2v) is 4.73. The summed E-state index contributed by atoms with van der Waals surface area (Å²) < 4.78 is 5.27. The SMILES string of the molecule is CNC(=O)C1CNCc2[nH]c3ccc(OC)cc3c21.Cl. The van der Waals surface area contributed by atoms with Gasteiger partial charge in [-0.2, -0.15) is 0 Å². The molecule has 1 aromatic carbocycles. The van der Waals surface area contributed by atoms with Gasteiger partial charge in [0.2, 0.25) is 5.91 Å². The number of ether oxygens (including phenoxy) is 1. The number of halogens is 1. The summed E-state index contributed by atoms with van der Waals surface area (Å²) in [6.45, 7) is 1.43. The molecule has 108 valence electrons. The molecule has 1 aliphatic rings. The summed E-state index contributed by atoms with van der Waals surface area (Å²) in [4.78, 5) is 15.4. The summed E-state index contributed by atoms with van der Waals surface area (Å²) in [6, 6.07) is 5.91. The first-order valence-electron chi connectivity index (χ1n) is 6.35. The van der Waals surface area contributed by atoms with Crippen LogP contribution in [0.15, 0.2) is 18.2 Å². The highest BCUT2D eigenvalue weighted by Crippen LogP contribution is 2.34. The number of fused-ring (bicyclic) bond motifs is 3. The summed E-state index contributed by atoms with van der Waals surface area (Å²) in [6.07, 6.45) is 0. The van der Waals surface area contributed by atoms with Gasteiger partial charge in [0, 0.05) is 36.7 Å². The van der Waals surface area contributed by atoms with Crippen LogP contribution in [0.1, 0.15) is 17.2 Å². The predicted octanol–water partition coefficient (Wildman–Crippen LogP) is 1.53. The number of nitrogens with one attached hydrogen (secondary N) is 3. The van der Waals surface area contributed by atoms with Gasteiger partial charge in [-0.15, -0.1) is 12.4 Å². The molecule has 1 aliphatic heterocycles. The fraction of sp³-hybridized carbons (Fsp3) is 0.357. The maximum atomic E-state index is 12.0. The van der Waals surface area contributed by atoms with Gasteiger partial charge in [-0.1, -0.05) is 0 Å². The van der Waals surface area contributed by atoms with Gasteiger partial charge in [-0.05, 0) is 23.8 Å².